The monoisotopic (exact) mass is 379 g/mol. The zero-order valence-electron chi connectivity index (χ0n) is 14.8. The van der Waals surface area contributed by atoms with E-state index < -0.39 is 0 Å². The number of hydrogen-bond acceptors (Lipinski definition) is 4. The molecule has 2 heterocycles. The van der Waals surface area contributed by atoms with Crippen LogP contribution in [0.15, 0.2) is 29.6 Å². The van der Waals surface area contributed by atoms with Gasteiger partial charge >= 0.3 is 0 Å². The van der Waals surface area contributed by atoms with Gasteiger partial charge in [-0.05, 0) is 37.9 Å². The Hall–Kier alpha value is -1.43. The third kappa shape index (κ3) is 5.03. The lowest BCUT2D eigenvalue weighted by Crippen LogP contribution is -2.44. The first-order valence-corrected chi connectivity index (χ1v) is 9.55. The van der Waals surface area contributed by atoms with E-state index in [4.69, 9.17) is 0 Å². The maximum Gasteiger partial charge on any atom is 0.228 e. The first-order valence-electron chi connectivity index (χ1n) is 8.67. The highest BCUT2D eigenvalue weighted by Gasteiger charge is 2.22. The third-order valence-electron chi connectivity index (χ3n) is 4.74. The summed E-state index contributed by atoms with van der Waals surface area (Å²) in [5.74, 6) is 0.167. The summed E-state index contributed by atoms with van der Waals surface area (Å²) in [4.78, 5) is 19.1. The van der Waals surface area contributed by atoms with Crippen LogP contribution in [0.25, 0.3) is 10.6 Å². The second-order valence-electron chi connectivity index (χ2n) is 6.36. The lowest BCUT2D eigenvalue weighted by molar-refractivity contribution is -0.131. The average molecular weight is 380 g/mol. The maximum absolute atomic E-state index is 12.5. The van der Waals surface area contributed by atoms with Gasteiger partial charge in [-0.2, -0.15) is 0 Å². The minimum absolute atomic E-state index is 0. The van der Waals surface area contributed by atoms with Crippen molar-refractivity contribution in [3.8, 4) is 10.6 Å². The summed E-state index contributed by atoms with van der Waals surface area (Å²) >= 11 is 1.61. The standard InChI is InChI=1S/C19H25N3OS.ClH/c1-3-14-4-6-15(7-5-14)19-21-16(13-24-19)12-18(23)22(2)17-8-10-20-11-9-17;/h4-7,13,17,20H,3,8-12H2,1-2H3;1H. The molecule has 4 nitrogen and oxygen atoms in total. The zero-order valence-corrected chi connectivity index (χ0v) is 16.5. The number of amides is 1. The van der Waals surface area contributed by atoms with Crippen molar-refractivity contribution >= 4 is 29.7 Å². The van der Waals surface area contributed by atoms with Gasteiger partial charge in [-0.1, -0.05) is 31.2 Å². The summed E-state index contributed by atoms with van der Waals surface area (Å²) in [5, 5.41) is 6.34. The summed E-state index contributed by atoms with van der Waals surface area (Å²) in [6.07, 6.45) is 3.51. The van der Waals surface area contributed by atoms with Crippen molar-refractivity contribution in [2.75, 3.05) is 20.1 Å². The molecule has 6 heteroatoms. The molecule has 0 bridgehead atoms. The quantitative estimate of drug-likeness (QED) is 0.864. The predicted molar refractivity (Wildman–Crippen MR) is 107 cm³/mol. The average Bonchev–Trinajstić information content (AvgIpc) is 3.10. The third-order valence-corrected chi connectivity index (χ3v) is 5.68. The van der Waals surface area contributed by atoms with Crippen molar-refractivity contribution in [2.45, 2.75) is 38.6 Å². The SMILES string of the molecule is CCc1ccc(-c2nc(CC(=O)N(C)C3CCNCC3)cs2)cc1.Cl. The van der Waals surface area contributed by atoms with Crippen LogP contribution in [0.1, 0.15) is 31.0 Å². The number of thiazole rings is 1. The van der Waals surface area contributed by atoms with E-state index in [9.17, 15) is 4.79 Å². The Morgan fingerprint density at radius 2 is 1.96 bits per heavy atom. The molecule has 1 amide bonds. The lowest BCUT2D eigenvalue weighted by Gasteiger charge is -2.31. The molecule has 0 atom stereocenters. The fourth-order valence-corrected chi connectivity index (χ4v) is 3.91. The summed E-state index contributed by atoms with van der Waals surface area (Å²) in [7, 11) is 1.93. The molecule has 0 spiro atoms. The molecule has 3 rings (SSSR count). The van der Waals surface area contributed by atoms with Crippen molar-refractivity contribution in [1.82, 2.24) is 15.2 Å². The molecule has 0 unspecified atom stereocenters. The Kier molecular flexibility index (Phi) is 7.41. The summed E-state index contributed by atoms with van der Waals surface area (Å²) in [6, 6.07) is 8.88. The van der Waals surface area contributed by atoms with E-state index in [1.807, 2.05) is 17.3 Å². The largest absolute Gasteiger partial charge is 0.342 e. The molecule has 25 heavy (non-hydrogen) atoms. The number of aryl methyl sites for hydroxylation is 1. The van der Waals surface area contributed by atoms with Gasteiger partial charge in [-0.15, -0.1) is 23.7 Å². The van der Waals surface area contributed by atoms with Gasteiger partial charge in [0.1, 0.15) is 5.01 Å². The van der Waals surface area contributed by atoms with Gasteiger partial charge < -0.3 is 10.2 Å². The molecule has 0 radical (unpaired) electrons. The maximum atomic E-state index is 12.5. The van der Waals surface area contributed by atoms with E-state index in [0.29, 0.717) is 12.5 Å². The van der Waals surface area contributed by atoms with Crippen LogP contribution in [0.3, 0.4) is 0 Å². The number of likely N-dealkylation sites (N-methyl/N-ethyl adjacent to an activating group) is 1. The molecule has 2 aromatic rings. The first-order chi connectivity index (χ1) is 11.7. The molecule has 1 aromatic carbocycles. The number of nitrogens with zero attached hydrogens (tertiary/aromatic N) is 2. The highest BCUT2D eigenvalue weighted by atomic mass is 35.5. The van der Waals surface area contributed by atoms with Crippen LogP contribution >= 0.6 is 23.7 Å². The first kappa shape index (κ1) is 19.9. The Balaban J connectivity index is 0.00000225. The van der Waals surface area contributed by atoms with Gasteiger partial charge in [0.25, 0.3) is 0 Å². The van der Waals surface area contributed by atoms with Gasteiger partial charge in [0.2, 0.25) is 5.91 Å². The molecule has 1 aliphatic heterocycles. The summed E-state index contributed by atoms with van der Waals surface area (Å²) in [5.41, 5.74) is 3.33. The Morgan fingerprint density at radius 1 is 1.28 bits per heavy atom. The molecule has 1 N–H and O–H groups in total. The molecule has 1 aliphatic rings. The highest BCUT2D eigenvalue weighted by Crippen LogP contribution is 2.24. The van der Waals surface area contributed by atoms with E-state index in [-0.39, 0.29) is 18.3 Å². The number of carbonyl (C=O) groups excluding carboxylic acids is 1. The Bertz CT molecular complexity index is 680. The van der Waals surface area contributed by atoms with Crippen LogP contribution in [0, 0.1) is 0 Å². The fraction of sp³-hybridized carbons (Fsp3) is 0.474. The minimum Gasteiger partial charge on any atom is -0.342 e. The Morgan fingerprint density at radius 3 is 2.60 bits per heavy atom. The molecule has 136 valence electrons. The number of rotatable bonds is 5. The van der Waals surface area contributed by atoms with Gasteiger partial charge in [0, 0.05) is 24.0 Å². The Labute approximate surface area is 160 Å². The van der Waals surface area contributed by atoms with Crippen LogP contribution in [-0.2, 0) is 17.6 Å². The van der Waals surface area contributed by atoms with Crippen LogP contribution in [0.5, 0.6) is 0 Å². The molecule has 1 fully saturated rings. The number of piperidine rings is 1. The van der Waals surface area contributed by atoms with Gasteiger partial charge in [0.15, 0.2) is 0 Å². The number of hydrogen-bond donors (Lipinski definition) is 1. The fourth-order valence-electron chi connectivity index (χ4n) is 3.08. The highest BCUT2D eigenvalue weighted by molar-refractivity contribution is 7.13. The second kappa shape index (κ2) is 9.32. The lowest BCUT2D eigenvalue weighted by atomic mass is 10.0. The van der Waals surface area contributed by atoms with E-state index in [1.54, 1.807) is 11.3 Å². The molecule has 0 saturated carbocycles. The molecule has 0 aliphatic carbocycles. The van der Waals surface area contributed by atoms with Crippen molar-refractivity contribution < 1.29 is 4.79 Å². The van der Waals surface area contributed by atoms with Gasteiger partial charge in [-0.3, -0.25) is 4.79 Å². The predicted octanol–water partition coefficient (Wildman–Crippen LogP) is 3.55. The smallest absolute Gasteiger partial charge is 0.228 e. The second-order valence-corrected chi connectivity index (χ2v) is 7.22. The van der Waals surface area contributed by atoms with Gasteiger partial charge in [0.05, 0.1) is 12.1 Å². The van der Waals surface area contributed by atoms with Crippen LogP contribution in [0.4, 0.5) is 0 Å². The van der Waals surface area contributed by atoms with Crippen molar-refractivity contribution in [3.05, 3.63) is 40.9 Å². The minimum atomic E-state index is 0. The number of benzene rings is 1. The van der Waals surface area contributed by atoms with Crippen molar-refractivity contribution in [2.24, 2.45) is 0 Å². The zero-order chi connectivity index (χ0) is 16.9. The summed E-state index contributed by atoms with van der Waals surface area (Å²) in [6.45, 7) is 4.15. The number of nitrogens with one attached hydrogen (secondary N) is 1. The molecule has 1 aromatic heterocycles. The topological polar surface area (TPSA) is 45.2 Å². The van der Waals surface area contributed by atoms with Crippen LogP contribution in [0.2, 0.25) is 0 Å². The van der Waals surface area contributed by atoms with Crippen molar-refractivity contribution in [3.63, 3.8) is 0 Å². The molecule has 1 saturated heterocycles. The normalized spacial score (nSPS) is 14.8. The molecular weight excluding hydrogens is 354 g/mol. The summed E-state index contributed by atoms with van der Waals surface area (Å²) < 4.78 is 0. The number of carbonyl (C=O) groups is 1. The van der Waals surface area contributed by atoms with Crippen molar-refractivity contribution in [1.29, 1.82) is 0 Å². The molecular formula is C19H26ClN3OS. The van der Waals surface area contributed by atoms with E-state index >= 15 is 0 Å². The van der Waals surface area contributed by atoms with E-state index in [2.05, 4.69) is 41.5 Å². The number of aromatic nitrogens is 1. The number of halogens is 1. The van der Waals surface area contributed by atoms with Crippen LogP contribution in [-0.4, -0.2) is 42.0 Å². The van der Waals surface area contributed by atoms with Gasteiger partial charge in [-0.25, -0.2) is 4.98 Å². The van der Waals surface area contributed by atoms with Crippen LogP contribution < -0.4 is 5.32 Å². The van der Waals surface area contributed by atoms with E-state index in [1.165, 1.54) is 5.56 Å². The van der Waals surface area contributed by atoms with E-state index in [0.717, 1.165) is 48.6 Å².